The molecule has 23 heavy (non-hydrogen) atoms. The summed E-state index contributed by atoms with van der Waals surface area (Å²) >= 11 is 0. The van der Waals surface area contributed by atoms with Gasteiger partial charge in [0, 0.05) is 12.6 Å². The van der Waals surface area contributed by atoms with Crippen molar-refractivity contribution >= 4 is 11.4 Å². The van der Waals surface area contributed by atoms with Gasteiger partial charge >= 0.3 is 0 Å². The Hall–Kier alpha value is -2.40. The van der Waals surface area contributed by atoms with E-state index in [1.54, 1.807) is 18.2 Å². The van der Waals surface area contributed by atoms with Crippen LogP contribution in [-0.4, -0.2) is 12.1 Å². The Morgan fingerprint density at radius 1 is 1.00 bits per heavy atom. The van der Waals surface area contributed by atoms with Crippen LogP contribution in [0, 0.1) is 18.6 Å². The topological polar surface area (TPSA) is 18.5 Å². The lowest BCUT2D eigenvalue weighted by atomic mass is 10.1. The molecule has 120 valence electrons. The van der Waals surface area contributed by atoms with Crippen molar-refractivity contribution in [3.8, 4) is 0 Å². The van der Waals surface area contributed by atoms with Gasteiger partial charge in [-0.2, -0.15) is 0 Å². The van der Waals surface area contributed by atoms with Crippen LogP contribution in [0.1, 0.15) is 24.5 Å². The van der Waals surface area contributed by atoms with Gasteiger partial charge in [0.15, 0.2) is 0 Å². The molecule has 0 aromatic heterocycles. The summed E-state index contributed by atoms with van der Waals surface area (Å²) in [4.78, 5) is 0. The molecule has 5 heteroatoms. The molecule has 0 unspecified atom stereocenters. The Labute approximate surface area is 134 Å². The second-order valence-corrected chi connectivity index (χ2v) is 5.58. The first-order chi connectivity index (χ1) is 11.0. The summed E-state index contributed by atoms with van der Waals surface area (Å²) in [6.45, 7) is 3.94. The van der Waals surface area contributed by atoms with Gasteiger partial charge in [0.05, 0.1) is 17.1 Å². The summed E-state index contributed by atoms with van der Waals surface area (Å²) in [5.41, 5.74) is 7.97. The van der Waals surface area contributed by atoms with Gasteiger partial charge < -0.3 is 0 Å². The van der Waals surface area contributed by atoms with Gasteiger partial charge in [-0.15, -0.1) is 5.53 Å². The van der Waals surface area contributed by atoms with E-state index in [0.29, 0.717) is 0 Å². The highest BCUT2D eigenvalue weighted by Crippen LogP contribution is 2.34. The number of allylic oxidation sites excluding steroid dienone is 1. The fraction of sp³-hybridized carbons (Fsp3) is 0.222. The van der Waals surface area contributed by atoms with Gasteiger partial charge in [-0.05, 0) is 61.4 Å². The van der Waals surface area contributed by atoms with Crippen molar-refractivity contribution in [2.24, 2.45) is 0 Å². The van der Waals surface area contributed by atoms with E-state index in [9.17, 15) is 8.78 Å². The molecule has 0 saturated heterocycles. The Morgan fingerprint density at radius 3 is 2.26 bits per heavy atom. The molecule has 0 saturated carbocycles. The van der Waals surface area contributed by atoms with Crippen LogP contribution in [0.2, 0.25) is 0 Å². The maximum atomic E-state index is 13.4. The van der Waals surface area contributed by atoms with Gasteiger partial charge in [-0.1, -0.05) is 6.92 Å². The Kier molecular flexibility index (Phi) is 4.05. The first kappa shape index (κ1) is 15.5. The minimum absolute atomic E-state index is 0.250. The normalized spacial score (nSPS) is 14.8. The van der Waals surface area contributed by atoms with E-state index in [1.165, 1.54) is 24.3 Å². The first-order valence-corrected chi connectivity index (χ1v) is 7.56. The SMILES string of the molecule is CCC1=C(c2ccc(F)cc2)N(C)NN1c1ccc(F)cc1C. The predicted octanol–water partition coefficient (Wildman–Crippen LogP) is 4.22. The minimum atomic E-state index is -0.257. The molecule has 1 N–H and O–H groups in total. The Morgan fingerprint density at radius 2 is 1.65 bits per heavy atom. The summed E-state index contributed by atoms with van der Waals surface area (Å²) in [6.07, 6.45) is 0.779. The van der Waals surface area contributed by atoms with Crippen LogP contribution in [0.3, 0.4) is 0 Å². The van der Waals surface area contributed by atoms with Crippen molar-refractivity contribution in [1.82, 2.24) is 10.5 Å². The highest BCUT2D eigenvalue weighted by Gasteiger charge is 2.28. The highest BCUT2D eigenvalue weighted by molar-refractivity contribution is 5.74. The van der Waals surface area contributed by atoms with Crippen LogP contribution in [0.4, 0.5) is 14.5 Å². The molecule has 1 heterocycles. The lowest BCUT2D eigenvalue weighted by Crippen LogP contribution is -2.39. The van der Waals surface area contributed by atoms with E-state index in [-0.39, 0.29) is 11.6 Å². The van der Waals surface area contributed by atoms with Gasteiger partial charge in [-0.25, -0.2) is 8.78 Å². The van der Waals surface area contributed by atoms with Crippen molar-refractivity contribution in [3.63, 3.8) is 0 Å². The lowest BCUT2D eigenvalue weighted by molar-refractivity contribution is 0.373. The van der Waals surface area contributed by atoms with Gasteiger partial charge in [0.1, 0.15) is 11.6 Å². The number of hydrogen-bond donors (Lipinski definition) is 1. The zero-order chi connectivity index (χ0) is 16.6. The van der Waals surface area contributed by atoms with E-state index in [0.717, 1.165) is 34.6 Å². The summed E-state index contributed by atoms with van der Waals surface area (Å²) in [5, 5.41) is 3.85. The van der Waals surface area contributed by atoms with Gasteiger partial charge in [0.2, 0.25) is 0 Å². The standard InChI is InChI=1S/C18H19F2N3/c1-4-16-18(13-5-7-14(19)8-6-13)22(3)21-23(16)17-10-9-15(20)11-12(17)2/h5-11,21H,4H2,1-3H3. The average Bonchev–Trinajstić information content (AvgIpc) is 2.84. The molecule has 0 spiro atoms. The number of anilines is 1. The van der Waals surface area contributed by atoms with Gasteiger partial charge in [-0.3, -0.25) is 10.0 Å². The average molecular weight is 315 g/mol. The maximum absolute atomic E-state index is 13.4. The van der Waals surface area contributed by atoms with Crippen LogP contribution < -0.4 is 10.5 Å². The Bertz CT molecular complexity index is 753. The molecule has 0 amide bonds. The number of benzene rings is 2. The molecule has 0 bridgehead atoms. The number of aryl methyl sites for hydroxylation is 1. The summed E-state index contributed by atoms with van der Waals surface area (Å²) in [5.74, 6) is -0.508. The number of nitrogens with zero attached hydrogens (tertiary/aromatic N) is 2. The molecule has 2 aromatic carbocycles. The quantitative estimate of drug-likeness (QED) is 0.915. The van der Waals surface area contributed by atoms with Crippen molar-refractivity contribution in [2.45, 2.75) is 20.3 Å². The van der Waals surface area contributed by atoms with Crippen molar-refractivity contribution in [1.29, 1.82) is 0 Å². The first-order valence-electron chi connectivity index (χ1n) is 7.56. The van der Waals surface area contributed by atoms with E-state index >= 15 is 0 Å². The maximum Gasteiger partial charge on any atom is 0.123 e. The Balaban J connectivity index is 2.08. The zero-order valence-electron chi connectivity index (χ0n) is 13.4. The molecule has 3 rings (SSSR count). The summed E-state index contributed by atoms with van der Waals surface area (Å²) in [6, 6.07) is 11.2. The molecule has 3 nitrogen and oxygen atoms in total. The molecule has 0 aliphatic carbocycles. The van der Waals surface area contributed by atoms with E-state index < -0.39 is 0 Å². The predicted molar refractivity (Wildman–Crippen MR) is 88.1 cm³/mol. The smallest absolute Gasteiger partial charge is 0.123 e. The third kappa shape index (κ3) is 2.80. The second kappa shape index (κ2) is 6.01. The molecule has 0 fully saturated rings. The van der Waals surface area contributed by atoms with Crippen molar-refractivity contribution in [2.75, 3.05) is 12.1 Å². The third-order valence-corrected chi connectivity index (χ3v) is 3.98. The molecule has 0 atom stereocenters. The van der Waals surface area contributed by atoms with Crippen molar-refractivity contribution < 1.29 is 8.78 Å². The van der Waals surface area contributed by atoms with Crippen LogP contribution in [0.5, 0.6) is 0 Å². The zero-order valence-corrected chi connectivity index (χ0v) is 13.4. The number of hydrazine groups is 2. The fourth-order valence-electron chi connectivity index (χ4n) is 2.92. The molecule has 1 aliphatic heterocycles. The molecule has 0 radical (unpaired) electrons. The largest absolute Gasteiger partial charge is 0.291 e. The summed E-state index contributed by atoms with van der Waals surface area (Å²) < 4.78 is 26.6. The van der Waals surface area contributed by atoms with Crippen LogP contribution in [-0.2, 0) is 0 Å². The highest BCUT2D eigenvalue weighted by atomic mass is 19.1. The summed E-state index contributed by atoms with van der Waals surface area (Å²) in [7, 11) is 1.91. The monoisotopic (exact) mass is 315 g/mol. The number of rotatable bonds is 3. The molecule has 1 aliphatic rings. The van der Waals surface area contributed by atoms with E-state index in [4.69, 9.17) is 0 Å². The van der Waals surface area contributed by atoms with E-state index in [1.807, 2.05) is 24.0 Å². The molecule has 2 aromatic rings. The number of halogens is 2. The lowest BCUT2D eigenvalue weighted by Gasteiger charge is -2.24. The fourth-order valence-corrected chi connectivity index (χ4v) is 2.92. The van der Waals surface area contributed by atoms with Crippen molar-refractivity contribution in [3.05, 3.63) is 70.9 Å². The van der Waals surface area contributed by atoms with Gasteiger partial charge in [0.25, 0.3) is 0 Å². The van der Waals surface area contributed by atoms with Crippen LogP contribution in [0.25, 0.3) is 5.70 Å². The second-order valence-electron chi connectivity index (χ2n) is 5.58. The molecular formula is C18H19F2N3. The van der Waals surface area contributed by atoms with Crippen LogP contribution >= 0.6 is 0 Å². The van der Waals surface area contributed by atoms with Crippen LogP contribution in [0.15, 0.2) is 48.2 Å². The molecular weight excluding hydrogens is 296 g/mol. The number of hydrogen-bond acceptors (Lipinski definition) is 3. The van der Waals surface area contributed by atoms with E-state index in [2.05, 4.69) is 12.5 Å². The number of nitrogens with one attached hydrogen (secondary N) is 1. The third-order valence-electron chi connectivity index (χ3n) is 3.98. The minimum Gasteiger partial charge on any atom is -0.291 e.